The van der Waals surface area contributed by atoms with Crippen molar-refractivity contribution in [1.29, 1.82) is 0 Å². The van der Waals surface area contributed by atoms with Crippen LogP contribution in [-0.4, -0.2) is 42.5 Å². The molecule has 1 aromatic carbocycles. The normalized spacial score (nSPS) is 25.9. The summed E-state index contributed by atoms with van der Waals surface area (Å²) in [7, 11) is 0. The van der Waals surface area contributed by atoms with Crippen molar-refractivity contribution in [2.24, 2.45) is 5.92 Å². The second-order valence-electron chi connectivity index (χ2n) is 7.77. The van der Waals surface area contributed by atoms with Crippen LogP contribution < -0.4 is 9.64 Å². The number of carbonyl (C=O) groups excluding carboxylic acids is 2. The van der Waals surface area contributed by atoms with Gasteiger partial charge in [0, 0.05) is 31.2 Å². The highest BCUT2D eigenvalue weighted by Gasteiger charge is 2.35. The highest BCUT2D eigenvalue weighted by molar-refractivity contribution is 5.95. The molecule has 2 amide bonds. The predicted octanol–water partition coefficient (Wildman–Crippen LogP) is 3.37. The minimum Gasteiger partial charge on any atom is -0.484 e. The molecule has 3 fully saturated rings. The lowest BCUT2D eigenvalue weighted by Gasteiger charge is -2.44. The topological polar surface area (TPSA) is 49.9 Å². The smallest absolute Gasteiger partial charge is 0.260 e. The van der Waals surface area contributed by atoms with E-state index in [0.29, 0.717) is 24.1 Å². The van der Waals surface area contributed by atoms with E-state index in [1.54, 1.807) is 0 Å². The van der Waals surface area contributed by atoms with Gasteiger partial charge in [0.15, 0.2) is 6.61 Å². The molecule has 1 aromatic rings. The number of ether oxygens (including phenoxy) is 1. The van der Waals surface area contributed by atoms with E-state index in [1.165, 1.54) is 25.7 Å². The molecule has 2 unspecified atom stereocenters. The third kappa shape index (κ3) is 3.57. The number of carbonyl (C=O) groups is 2. The van der Waals surface area contributed by atoms with Gasteiger partial charge in [0.1, 0.15) is 5.75 Å². The van der Waals surface area contributed by atoms with E-state index in [1.807, 2.05) is 29.2 Å². The fourth-order valence-corrected chi connectivity index (χ4v) is 4.81. The lowest BCUT2D eigenvalue weighted by atomic mass is 9.78. The summed E-state index contributed by atoms with van der Waals surface area (Å²) >= 11 is 0. The fourth-order valence-electron chi connectivity index (χ4n) is 4.81. The molecule has 5 heteroatoms. The van der Waals surface area contributed by atoms with Crippen molar-refractivity contribution in [2.75, 3.05) is 24.6 Å². The van der Waals surface area contributed by atoms with Crippen LogP contribution in [0.1, 0.15) is 51.4 Å². The number of benzene rings is 1. The Kier molecular flexibility index (Phi) is 5.14. The Labute approximate surface area is 155 Å². The zero-order valence-electron chi connectivity index (χ0n) is 15.4. The first kappa shape index (κ1) is 17.4. The van der Waals surface area contributed by atoms with E-state index in [0.717, 1.165) is 38.0 Å². The van der Waals surface area contributed by atoms with Crippen molar-refractivity contribution in [3.8, 4) is 5.75 Å². The van der Waals surface area contributed by atoms with Gasteiger partial charge in [-0.1, -0.05) is 12.8 Å². The third-order valence-corrected chi connectivity index (χ3v) is 6.15. The van der Waals surface area contributed by atoms with Crippen LogP contribution in [0, 0.1) is 5.92 Å². The molecule has 1 aliphatic carbocycles. The van der Waals surface area contributed by atoms with Gasteiger partial charge in [-0.15, -0.1) is 0 Å². The molecule has 2 saturated heterocycles. The Morgan fingerprint density at radius 1 is 1.00 bits per heavy atom. The standard InChI is InChI=1S/C21H28N2O3/c24-20-8-4-13-22(20)17-9-11-18(12-10-17)26-15-21(25)23-14-3-6-16-5-1-2-7-19(16)23/h9-12,16,19H,1-8,13-15H2. The van der Waals surface area contributed by atoms with Gasteiger partial charge in [0.2, 0.25) is 5.91 Å². The van der Waals surface area contributed by atoms with E-state index in [4.69, 9.17) is 4.74 Å². The summed E-state index contributed by atoms with van der Waals surface area (Å²) in [6.45, 7) is 1.76. The number of anilines is 1. The number of likely N-dealkylation sites (tertiary alicyclic amines) is 1. The van der Waals surface area contributed by atoms with Crippen molar-refractivity contribution in [3.63, 3.8) is 0 Å². The first-order valence-corrected chi connectivity index (χ1v) is 10.0. The quantitative estimate of drug-likeness (QED) is 0.831. The summed E-state index contributed by atoms with van der Waals surface area (Å²) in [5.41, 5.74) is 0.909. The average molecular weight is 356 g/mol. The van der Waals surface area contributed by atoms with Gasteiger partial charge in [-0.3, -0.25) is 9.59 Å². The van der Waals surface area contributed by atoms with Crippen molar-refractivity contribution in [1.82, 2.24) is 4.90 Å². The molecule has 2 heterocycles. The molecule has 3 aliphatic rings. The molecule has 5 nitrogen and oxygen atoms in total. The summed E-state index contributed by atoms with van der Waals surface area (Å²) in [5.74, 6) is 1.67. The van der Waals surface area contributed by atoms with E-state index >= 15 is 0 Å². The number of nitrogens with zero attached hydrogens (tertiary/aromatic N) is 2. The van der Waals surface area contributed by atoms with Crippen molar-refractivity contribution in [3.05, 3.63) is 24.3 Å². The van der Waals surface area contributed by atoms with Crippen LogP contribution in [0.15, 0.2) is 24.3 Å². The SMILES string of the molecule is O=C1CCCN1c1ccc(OCC(=O)N2CCCC3CCCCC32)cc1. The maximum Gasteiger partial charge on any atom is 0.260 e. The maximum atomic E-state index is 12.7. The molecule has 0 radical (unpaired) electrons. The minimum absolute atomic E-state index is 0.102. The van der Waals surface area contributed by atoms with Crippen LogP contribution in [0.4, 0.5) is 5.69 Å². The molecule has 0 bridgehead atoms. The molecular weight excluding hydrogens is 328 g/mol. The largest absolute Gasteiger partial charge is 0.484 e. The number of hydrogen-bond acceptors (Lipinski definition) is 3. The molecule has 2 atom stereocenters. The Hall–Kier alpha value is -2.04. The summed E-state index contributed by atoms with van der Waals surface area (Å²) in [6, 6.07) is 7.95. The summed E-state index contributed by atoms with van der Waals surface area (Å²) in [4.78, 5) is 28.4. The first-order chi connectivity index (χ1) is 12.7. The summed E-state index contributed by atoms with van der Waals surface area (Å²) in [6.07, 6.45) is 8.90. The van der Waals surface area contributed by atoms with Crippen molar-refractivity contribution < 1.29 is 14.3 Å². The lowest BCUT2D eigenvalue weighted by Crippen LogP contribution is -2.51. The van der Waals surface area contributed by atoms with Gasteiger partial charge in [-0.25, -0.2) is 0 Å². The number of piperidine rings is 1. The Morgan fingerprint density at radius 2 is 1.77 bits per heavy atom. The number of rotatable bonds is 4. The monoisotopic (exact) mass is 356 g/mol. The van der Waals surface area contributed by atoms with Crippen LogP contribution in [0.2, 0.25) is 0 Å². The van der Waals surface area contributed by atoms with Gasteiger partial charge in [-0.2, -0.15) is 0 Å². The second-order valence-corrected chi connectivity index (χ2v) is 7.77. The van der Waals surface area contributed by atoms with Crippen LogP contribution in [0.5, 0.6) is 5.75 Å². The summed E-state index contributed by atoms with van der Waals surface area (Å²) < 4.78 is 5.75. The lowest BCUT2D eigenvalue weighted by molar-refractivity contribution is -0.139. The van der Waals surface area contributed by atoms with E-state index in [2.05, 4.69) is 4.90 Å². The average Bonchev–Trinajstić information content (AvgIpc) is 3.12. The van der Waals surface area contributed by atoms with E-state index in [-0.39, 0.29) is 18.4 Å². The number of amides is 2. The molecule has 0 aromatic heterocycles. The fraction of sp³-hybridized carbons (Fsp3) is 0.619. The zero-order chi connectivity index (χ0) is 17.9. The van der Waals surface area contributed by atoms with E-state index in [9.17, 15) is 9.59 Å². The zero-order valence-corrected chi connectivity index (χ0v) is 15.4. The van der Waals surface area contributed by atoms with Crippen molar-refractivity contribution in [2.45, 2.75) is 57.4 Å². The van der Waals surface area contributed by atoms with Crippen LogP contribution in [0.3, 0.4) is 0 Å². The van der Waals surface area contributed by atoms with Gasteiger partial charge in [-0.05, 0) is 62.3 Å². The van der Waals surface area contributed by atoms with Crippen LogP contribution in [-0.2, 0) is 9.59 Å². The number of fused-ring (bicyclic) bond motifs is 1. The Balaban J connectivity index is 1.33. The second kappa shape index (κ2) is 7.68. The van der Waals surface area contributed by atoms with Crippen molar-refractivity contribution >= 4 is 17.5 Å². The van der Waals surface area contributed by atoms with E-state index < -0.39 is 0 Å². The highest BCUT2D eigenvalue weighted by Crippen LogP contribution is 2.35. The van der Waals surface area contributed by atoms with Gasteiger partial charge in [0.05, 0.1) is 0 Å². The molecule has 4 rings (SSSR count). The van der Waals surface area contributed by atoms with Crippen LogP contribution in [0.25, 0.3) is 0 Å². The Bertz CT molecular complexity index is 656. The highest BCUT2D eigenvalue weighted by atomic mass is 16.5. The first-order valence-electron chi connectivity index (χ1n) is 10.0. The molecule has 26 heavy (non-hydrogen) atoms. The predicted molar refractivity (Wildman–Crippen MR) is 100 cm³/mol. The van der Waals surface area contributed by atoms with Gasteiger partial charge in [0.25, 0.3) is 5.91 Å². The molecule has 2 aliphatic heterocycles. The molecule has 0 spiro atoms. The molecule has 0 N–H and O–H groups in total. The Morgan fingerprint density at radius 3 is 2.54 bits per heavy atom. The summed E-state index contributed by atoms with van der Waals surface area (Å²) in [5, 5.41) is 0. The van der Waals surface area contributed by atoms with Gasteiger partial charge >= 0.3 is 0 Å². The minimum atomic E-state index is 0.102. The number of hydrogen-bond donors (Lipinski definition) is 0. The molecule has 1 saturated carbocycles. The van der Waals surface area contributed by atoms with Crippen LogP contribution >= 0.6 is 0 Å². The maximum absolute atomic E-state index is 12.7. The molecule has 140 valence electrons. The third-order valence-electron chi connectivity index (χ3n) is 6.15. The van der Waals surface area contributed by atoms with Gasteiger partial charge < -0.3 is 14.5 Å². The molecular formula is C21H28N2O3.